The maximum absolute atomic E-state index is 12.3. The predicted molar refractivity (Wildman–Crippen MR) is 80.6 cm³/mol. The summed E-state index contributed by atoms with van der Waals surface area (Å²) >= 11 is 8.09. The van der Waals surface area contributed by atoms with E-state index < -0.39 is 0 Å². The van der Waals surface area contributed by atoms with Gasteiger partial charge in [0.25, 0.3) is 0 Å². The van der Waals surface area contributed by atoms with E-state index in [1.54, 1.807) is 18.2 Å². The third-order valence-corrected chi connectivity index (χ3v) is 3.78. The lowest BCUT2D eigenvalue weighted by molar-refractivity contribution is 0.103. The lowest BCUT2D eigenvalue weighted by Crippen LogP contribution is -2.03. The zero-order valence-electron chi connectivity index (χ0n) is 9.61. The van der Waals surface area contributed by atoms with E-state index in [1.807, 2.05) is 24.3 Å². The summed E-state index contributed by atoms with van der Waals surface area (Å²) in [6, 6.07) is 12.5. The first-order chi connectivity index (χ1) is 8.63. The minimum Gasteiger partial charge on any atom is -0.495 e. The Balaban J connectivity index is 2.44. The highest BCUT2D eigenvalue weighted by atomic mass is 127. The van der Waals surface area contributed by atoms with Crippen molar-refractivity contribution in [2.24, 2.45) is 0 Å². The Kier molecular flexibility index (Phi) is 4.24. The molecule has 0 aliphatic carbocycles. The van der Waals surface area contributed by atoms with Crippen LogP contribution in [0.1, 0.15) is 15.9 Å². The van der Waals surface area contributed by atoms with Crippen molar-refractivity contribution in [1.82, 2.24) is 0 Å². The summed E-state index contributed by atoms with van der Waals surface area (Å²) in [5.41, 5.74) is 1.25. The molecule has 18 heavy (non-hydrogen) atoms. The minimum atomic E-state index is -0.0324. The molecule has 0 spiro atoms. The molecule has 2 nitrogen and oxygen atoms in total. The number of hydrogen-bond donors (Lipinski definition) is 0. The molecule has 92 valence electrons. The Morgan fingerprint density at radius 2 is 1.94 bits per heavy atom. The first kappa shape index (κ1) is 13.4. The van der Waals surface area contributed by atoms with E-state index in [-0.39, 0.29) is 5.78 Å². The Labute approximate surface area is 124 Å². The topological polar surface area (TPSA) is 26.3 Å². The quantitative estimate of drug-likeness (QED) is 0.597. The van der Waals surface area contributed by atoms with Gasteiger partial charge in [-0.05, 0) is 52.9 Å². The number of carbonyl (C=O) groups is 1. The molecule has 2 aromatic carbocycles. The van der Waals surface area contributed by atoms with Crippen LogP contribution in [0.15, 0.2) is 42.5 Å². The molecule has 2 rings (SSSR count). The number of halogens is 2. The molecule has 0 unspecified atom stereocenters. The van der Waals surface area contributed by atoms with Gasteiger partial charge in [0.2, 0.25) is 0 Å². The Morgan fingerprint density at radius 1 is 1.22 bits per heavy atom. The van der Waals surface area contributed by atoms with E-state index in [1.165, 1.54) is 7.11 Å². The van der Waals surface area contributed by atoms with Crippen LogP contribution in [0.3, 0.4) is 0 Å². The standard InChI is InChI=1S/C14H10ClIO2/c1-18-13-8-9(6-7-11(13)15)14(17)10-4-2-3-5-12(10)16/h2-8H,1H3. The molecular formula is C14H10ClIO2. The summed E-state index contributed by atoms with van der Waals surface area (Å²) in [6.45, 7) is 0. The van der Waals surface area contributed by atoms with Gasteiger partial charge in [-0.25, -0.2) is 0 Å². The van der Waals surface area contributed by atoms with E-state index in [9.17, 15) is 4.79 Å². The zero-order valence-corrected chi connectivity index (χ0v) is 12.5. The van der Waals surface area contributed by atoms with E-state index in [2.05, 4.69) is 22.6 Å². The molecule has 0 fully saturated rings. The molecule has 0 radical (unpaired) electrons. The number of ether oxygens (including phenoxy) is 1. The van der Waals surface area contributed by atoms with Crippen LogP contribution in [0.2, 0.25) is 5.02 Å². The molecule has 2 aromatic rings. The van der Waals surface area contributed by atoms with Crippen molar-refractivity contribution in [3.8, 4) is 5.75 Å². The first-order valence-electron chi connectivity index (χ1n) is 5.26. The van der Waals surface area contributed by atoms with Gasteiger partial charge in [0.15, 0.2) is 5.78 Å². The normalized spacial score (nSPS) is 10.2. The number of benzene rings is 2. The molecule has 0 atom stereocenters. The molecule has 0 heterocycles. The van der Waals surface area contributed by atoms with Gasteiger partial charge in [0, 0.05) is 14.7 Å². The van der Waals surface area contributed by atoms with E-state index in [0.717, 1.165) is 3.57 Å². The fourth-order valence-corrected chi connectivity index (χ4v) is 2.43. The van der Waals surface area contributed by atoms with Gasteiger partial charge in [-0.15, -0.1) is 0 Å². The second-order valence-corrected chi connectivity index (χ2v) is 5.23. The monoisotopic (exact) mass is 372 g/mol. The van der Waals surface area contributed by atoms with E-state index in [0.29, 0.717) is 21.9 Å². The van der Waals surface area contributed by atoms with Crippen LogP contribution in [0.25, 0.3) is 0 Å². The number of carbonyl (C=O) groups excluding carboxylic acids is 1. The third-order valence-electron chi connectivity index (χ3n) is 2.53. The van der Waals surface area contributed by atoms with E-state index in [4.69, 9.17) is 16.3 Å². The Bertz CT molecular complexity index is 596. The van der Waals surface area contributed by atoms with Crippen LogP contribution in [-0.2, 0) is 0 Å². The fourth-order valence-electron chi connectivity index (χ4n) is 1.60. The zero-order chi connectivity index (χ0) is 13.1. The van der Waals surface area contributed by atoms with Crippen molar-refractivity contribution in [2.75, 3.05) is 7.11 Å². The molecule has 0 saturated heterocycles. The van der Waals surface area contributed by atoms with Crippen molar-refractivity contribution < 1.29 is 9.53 Å². The summed E-state index contributed by atoms with van der Waals surface area (Å²) in [5, 5.41) is 0.497. The predicted octanol–water partition coefficient (Wildman–Crippen LogP) is 4.18. The van der Waals surface area contributed by atoms with Gasteiger partial charge in [0.05, 0.1) is 12.1 Å². The smallest absolute Gasteiger partial charge is 0.194 e. The molecule has 0 aliphatic heterocycles. The molecule has 0 bridgehead atoms. The molecule has 0 saturated carbocycles. The van der Waals surface area contributed by atoms with Gasteiger partial charge in [-0.2, -0.15) is 0 Å². The second kappa shape index (κ2) is 5.71. The van der Waals surface area contributed by atoms with Gasteiger partial charge in [0.1, 0.15) is 5.75 Å². The van der Waals surface area contributed by atoms with Crippen molar-refractivity contribution in [1.29, 1.82) is 0 Å². The van der Waals surface area contributed by atoms with Crippen LogP contribution >= 0.6 is 34.2 Å². The number of methoxy groups -OCH3 is 1. The SMILES string of the molecule is COc1cc(C(=O)c2ccccc2I)ccc1Cl. The molecular weight excluding hydrogens is 363 g/mol. The van der Waals surface area contributed by atoms with Gasteiger partial charge >= 0.3 is 0 Å². The van der Waals surface area contributed by atoms with Gasteiger partial charge in [-0.1, -0.05) is 23.7 Å². The summed E-state index contributed by atoms with van der Waals surface area (Å²) in [6.07, 6.45) is 0. The highest BCUT2D eigenvalue weighted by Gasteiger charge is 2.13. The van der Waals surface area contributed by atoms with Crippen LogP contribution < -0.4 is 4.74 Å². The van der Waals surface area contributed by atoms with Crippen LogP contribution in [0, 0.1) is 3.57 Å². The number of ketones is 1. The maximum atomic E-state index is 12.3. The fraction of sp³-hybridized carbons (Fsp3) is 0.0714. The third kappa shape index (κ3) is 2.67. The van der Waals surface area contributed by atoms with Crippen LogP contribution in [0.5, 0.6) is 5.75 Å². The molecule has 0 N–H and O–H groups in total. The summed E-state index contributed by atoms with van der Waals surface area (Å²) < 4.78 is 6.04. The average Bonchev–Trinajstić information content (AvgIpc) is 2.39. The average molecular weight is 373 g/mol. The molecule has 0 aliphatic rings. The highest BCUT2D eigenvalue weighted by Crippen LogP contribution is 2.26. The summed E-state index contributed by atoms with van der Waals surface area (Å²) in [7, 11) is 1.53. The van der Waals surface area contributed by atoms with Crippen molar-refractivity contribution in [2.45, 2.75) is 0 Å². The molecule has 4 heteroatoms. The lowest BCUT2D eigenvalue weighted by Gasteiger charge is -2.07. The van der Waals surface area contributed by atoms with Gasteiger partial charge in [-0.3, -0.25) is 4.79 Å². The second-order valence-electron chi connectivity index (χ2n) is 3.66. The highest BCUT2D eigenvalue weighted by molar-refractivity contribution is 14.1. The van der Waals surface area contributed by atoms with Crippen LogP contribution in [0.4, 0.5) is 0 Å². The first-order valence-corrected chi connectivity index (χ1v) is 6.72. The summed E-state index contributed by atoms with van der Waals surface area (Å²) in [4.78, 5) is 12.3. The van der Waals surface area contributed by atoms with E-state index >= 15 is 0 Å². The maximum Gasteiger partial charge on any atom is 0.194 e. The number of rotatable bonds is 3. The lowest BCUT2D eigenvalue weighted by atomic mass is 10.0. The summed E-state index contributed by atoms with van der Waals surface area (Å²) in [5.74, 6) is 0.475. The Morgan fingerprint density at radius 3 is 2.61 bits per heavy atom. The van der Waals surface area contributed by atoms with Crippen molar-refractivity contribution in [3.05, 3.63) is 62.2 Å². The van der Waals surface area contributed by atoms with Crippen LogP contribution in [-0.4, -0.2) is 12.9 Å². The molecule has 0 aromatic heterocycles. The Hall–Kier alpha value is -1.07. The van der Waals surface area contributed by atoms with Gasteiger partial charge < -0.3 is 4.74 Å². The largest absolute Gasteiger partial charge is 0.495 e. The minimum absolute atomic E-state index is 0.0324. The van der Waals surface area contributed by atoms with Crippen molar-refractivity contribution in [3.63, 3.8) is 0 Å². The van der Waals surface area contributed by atoms with Crippen molar-refractivity contribution >= 4 is 40.0 Å². The number of hydrogen-bond acceptors (Lipinski definition) is 2. The molecule has 0 amide bonds.